The van der Waals surface area contributed by atoms with Gasteiger partial charge in [-0.25, -0.2) is 0 Å². The molecular weight excluding hydrogens is 456 g/mol. The Balaban J connectivity index is 1.90. The maximum absolute atomic E-state index is 13.0. The van der Waals surface area contributed by atoms with Crippen molar-refractivity contribution in [3.63, 3.8) is 0 Å². The molecule has 0 bridgehead atoms. The van der Waals surface area contributed by atoms with Crippen LogP contribution in [0.2, 0.25) is 0 Å². The molecule has 212 valence electrons. The first-order chi connectivity index (χ1) is 17.7. The highest BCUT2D eigenvalue weighted by Gasteiger charge is 2.54. The van der Waals surface area contributed by atoms with Gasteiger partial charge in [-0.15, -0.1) is 0 Å². The second kappa shape index (κ2) is 15.9. The van der Waals surface area contributed by atoms with Crippen LogP contribution in [0.4, 0.5) is 0 Å². The third-order valence-electron chi connectivity index (χ3n) is 9.31. The minimum Gasteiger partial charge on any atom is -0.353 e. The molecule has 1 aromatic carbocycles. The zero-order valence-corrected chi connectivity index (χ0v) is 25.3. The van der Waals surface area contributed by atoms with Crippen LogP contribution in [0, 0.1) is 5.92 Å². The molecule has 4 heteroatoms. The first-order valence-electron chi connectivity index (χ1n) is 15.5. The number of carbonyl (C=O) groups excluding carboxylic acids is 1. The maximum atomic E-state index is 13.0. The van der Waals surface area contributed by atoms with Gasteiger partial charge in [0.2, 0.25) is 5.91 Å². The fourth-order valence-electron chi connectivity index (χ4n) is 6.14. The monoisotopic (exact) mass is 514 g/mol. The zero-order chi connectivity index (χ0) is 27.3. The van der Waals surface area contributed by atoms with Gasteiger partial charge in [0.1, 0.15) is 6.10 Å². The fraction of sp³-hybridized carbons (Fsp3) is 0.788. The molecule has 0 saturated carbocycles. The predicted octanol–water partition coefficient (Wildman–Crippen LogP) is 9.15. The summed E-state index contributed by atoms with van der Waals surface area (Å²) in [5.74, 6) is 0.511. The van der Waals surface area contributed by atoms with Crippen LogP contribution in [0.15, 0.2) is 30.3 Å². The van der Waals surface area contributed by atoms with Crippen molar-refractivity contribution in [1.29, 1.82) is 0 Å². The highest BCUT2D eigenvalue weighted by Crippen LogP contribution is 2.47. The van der Waals surface area contributed by atoms with Gasteiger partial charge in [-0.2, -0.15) is 5.06 Å². The first kappa shape index (κ1) is 31.8. The molecular formula is C33H58N2O2. The lowest BCUT2D eigenvalue weighted by Gasteiger charge is -2.60. The van der Waals surface area contributed by atoms with Crippen LogP contribution >= 0.6 is 0 Å². The van der Waals surface area contributed by atoms with E-state index in [9.17, 15) is 4.79 Å². The number of unbranched alkanes of at least 4 members (excludes halogenated alkanes) is 9. The standard InChI is InChI=1S/C33H58N2O2/c1-8-11-12-13-14-15-16-17-18-22-25-31(36)34-30-26-32(6,9-2)35(33(7,10-3)27(30)4)37-28(5)29-23-20-19-21-24-29/h19-21,23-24,27-28,30H,8-18,22,25-26H2,1-7H3,(H,34,36). The Hall–Kier alpha value is -1.39. The number of piperidine rings is 1. The summed E-state index contributed by atoms with van der Waals surface area (Å²) in [5.41, 5.74) is 0.884. The number of nitrogens with one attached hydrogen (secondary N) is 1. The van der Waals surface area contributed by atoms with Gasteiger partial charge in [0, 0.05) is 23.5 Å². The molecule has 1 saturated heterocycles. The van der Waals surface area contributed by atoms with Crippen LogP contribution in [0.1, 0.15) is 150 Å². The molecule has 1 aliphatic rings. The van der Waals surface area contributed by atoms with E-state index >= 15 is 0 Å². The largest absolute Gasteiger partial charge is 0.353 e. The van der Waals surface area contributed by atoms with E-state index in [1.165, 1.54) is 63.4 Å². The van der Waals surface area contributed by atoms with Crippen LogP contribution in [0.5, 0.6) is 0 Å². The first-order valence-corrected chi connectivity index (χ1v) is 15.5. The van der Waals surface area contributed by atoms with Crippen LogP contribution < -0.4 is 5.32 Å². The molecule has 1 aliphatic heterocycles. The van der Waals surface area contributed by atoms with Crippen molar-refractivity contribution in [2.24, 2.45) is 5.92 Å². The summed E-state index contributed by atoms with van der Waals surface area (Å²) in [7, 11) is 0. The van der Waals surface area contributed by atoms with Gasteiger partial charge in [0.05, 0.1) is 0 Å². The third kappa shape index (κ3) is 9.10. The highest BCUT2D eigenvalue weighted by molar-refractivity contribution is 5.76. The number of carbonyl (C=O) groups is 1. The number of rotatable bonds is 17. The number of hydrogen-bond acceptors (Lipinski definition) is 3. The summed E-state index contributed by atoms with van der Waals surface area (Å²) < 4.78 is 0. The molecule has 1 N–H and O–H groups in total. The number of hydrogen-bond donors (Lipinski definition) is 1. The van der Waals surface area contributed by atoms with E-state index in [0.29, 0.717) is 6.42 Å². The Morgan fingerprint density at radius 1 is 0.946 bits per heavy atom. The van der Waals surface area contributed by atoms with Gasteiger partial charge >= 0.3 is 0 Å². The Morgan fingerprint density at radius 3 is 2.05 bits per heavy atom. The van der Waals surface area contributed by atoms with E-state index in [-0.39, 0.29) is 35.0 Å². The van der Waals surface area contributed by atoms with E-state index < -0.39 is 0 Å². The van der Waals surface area contributed by atoms with Crippen molar-refractivity contribution in [3.05, 3.63) is 35.9 Å². The minimum atomic E-state index is -0.166. The summed E-state index contributed by atoms with van der Waals surface area (Å²) in [6, 6.07) is 10.6. The van der Waals surface area contributed by atoms with Crippen LogP contribution in [-0.4, -0.2) is 28.1 Å². The SMILES string of the molecule is CCCCCCCCCCCCC(=O)NC1CC(C)(CC)N(OC(C)c2ccccc2)C(C)(CC)C1C. The quantitative estimate of drug-likeness (QED) is 0.211. The lowest BCUT2D eigenvalue weighted by molar-refractivity contribution is -0.327. The third-order valence-corrected chi connectivity index (χ3v) is 9.31. The van der Waals surface area contributed by atoms with Crippen molar-refractivity contribution < 1.29 is 9.63 Å². The molecule has 0 aliphatic carbocycles. The van der Waals surface area contributed by atoms with Crippen molar-refractivity contribution in [2.75, 3.05) is 0 Å². The normalized spacial score (nSPS) is 27.2. The van der Waals surface area contributed by atoms with Crippen LogP contribution in [0.3, 0.4) is 0 Å². The molecule has 5 atom stereocenters. The average Bonchev–Trinajstić information content (AvgIpc) is 2.91. The zero-order valence-electron chi connectivity index (χ0n) is 25.3. The predicted molar refractivity (Wildman–Crippen MR) is 157 cm³/mol. The minimum absolute atomic E-state index is 0.0207. The molecule has 1 amide bonds. The topological polar surface area (TPSA) is 41.6 Å². The molecule has 4 nitrogen and oxygen atoms in total. The smallest absolute Gasteiger partial charge is 0.220 e. The van der Waals surface area contributed by atoms with Crippen LogP contribution in [0.25, 0.3) is 0 Å². The molecule has 1 fully saturated rings. The summed E-state index contributed by atoms with van der Waals surface area (Å²) in [5, 5.41) is 5.78. The van der Waals surface area contributed by atoms with E-state index in [2.05, 4.69) is 83.1 Å². The number of benzene rings is 1. The number of amides is 1. The second-order valence-electron chi connectivity index (χ2n) is 12.1. The lowest BCUT2D eigenvalue weighted by atomic mass is 9.68. The van der Waals surface area contributed by atoms with E-state index in [1.54, 1.807) is 0 Å². The van der Waals surface area contributed by atoms with Crippen LogP contribution in [-0.2, 0) is 9.63 Å². The fourth-order valence-corrected chi connectivity index (χ4v) is 6.14. The summed E-state index contributed by atoms with van der Waals surface area (Å²) in [6.45, 7) is 15.9. The number of nitrogens with zero attached hydrogens (tertiary/aromatic N) is 1. The van der Waals surface area contributed by atoms with E-state index in [4.69, 9.17) is 4.84 Å². The highest BCUT2D eigenvalue weighted by atomic mass is 16.7. The van der Waals surface area contributed by atoms with Crippen molar-refractivity contribution in [1.82, 2.24) is 10.4 Å². The molecule has 2 rings (SSSR count). The van der Waals surface area contributed by atoms with Gasteiger partial charge in [-0.3, -0.25) is 9.63 Å². The van der Waals surface area contributed by atoms with Gasteiger partial charge < -0.3 is 5.32 Å². The average molecular weight is 515 g/mol. The Morgan fingerprint density at radius 2 is 1.51 bits per heavy atom. The van der Waals surface area contributed by atoms with Crippen molar-refractivity contribution in [2.45, 2.75) is 162 Å². The molecule has 0 spiro atoms. The Bertz CT molecular complexity index is 769. The second-order valence-corrected chi connectivity index (χ2v) is 12.1. The summed E-state index contributed by atoms with van der Waals surface area (Å²) in [6.07, 6.45) is 16.4. The summed E-state index contributed by atoms with van der Waals surface area (Å²) in [4.78, 5) is 19.8. The molecule has 1 aromatic rings. The number of hydroxylamine groups is 2. The molecule has 1 heterocycles. The molecule has 0 aromatic heterocycles. The molecule has 37 heavy (non-hydrogen) atoms. The van der Waals surface area contributed by atoms with E-state index in [1.807, 2.05) is 6.07 Å². The molecule has 5 unspecified atom stereocenters. The van der Waals surface area contributed by atoms with Crippen molar-refractivity contribution in [3.8, 4) is 0 Å². The van der Waals surface area contributed by atoms with Crippen molar-refractivity contribution >= 4 is 5.91 Å². The lowest BCUT2D eigenvalue weighted by Crippen LogP contribution is -2.70. The van der Waals surface area contributed by atoms with Gasteiger partial charge in [-0.1, -0.05) is 116 Å². The van der Waals surface area contributed by atoms with Gasteiger partial charge in [0.15, 0.2) is 0 Å². The van der Waals surface area contributed by atoms with Gasteiger partial charge in [0.25, 0.3) is 0 Å². The Labute approximate surface area is 229 Å². The van der Waals surface area contributed by atoms with Gasteiger partial charge in [-0.05, 0) is 57.9 Å². The summed E-state index contributed by atoms with van der Waals surface area (Å²) >= 11 is 0. The maximum Gasteiger partial charge on any atom is 0.220 e. The van der Waals surface area contributed by atoms with E-state index in [0.717, 1.165) is 25.7 Å². The Kier molecular flexibility index (Phi) is 13.7. The molecule has 0 radical (unpaired) electrons.